The second-order valence-electron chi connectivity index (χ2n) is 6.20. The number of hydrogen-bond acceptors (Lipinski definition) is 5. The highest BCUT2D eigenvalue weighted by atomic mass is 32.1. The Balaban J connectivity index is 2.05. The first-order valence-corrected chi connectivity index (χ1v) is 9.59. The van der Waals surface area contributed by atoms with E-state index in [1.807, 2.05) is 18.3 Å². The SMILES string of the molecule is CCNC(=NCc1ncc(C)s1)NCC(c1cccc(OC)c1)N(C)C. The maximum Gasteiger partial charge on any atom is 0.191 e. The topological polar surface area (TPSA) is 61.8 Å². The third-order valence-corrected chi connectivity index (χ3v) is 4.85. The van der Waals surface area contributed by atoms with Crippen molar-refractivity contribution in [3.63, 3.8) is 0 Å². The zero-order chi connectivity index (χ0) is 18.9. The Kier molecular flexibility index (Phi) is 7.87. The lowest BCUT2D eigenvalue weighted by Gasteiger charge is -2.26. The van der Waals surface area contributed by atoms with Gasteiger partial charge in [-0.1, -0.05) is 12.1 Å². The minimum absolute atomic E-state index is 0.205. The summed E-state index contributed by atoms with van der Waals surface area (Å²) >= 11 is 1.68. The van der Waals surface area contributed by atoms with Crippen LogP contribution in [-0.4, -0.2) is 50.1 Å². The molecular weight excluding hydrogens is 346 g/mol. The molecule has 7 heteroatoms. The molecule has 0 saturated carbocycles. The van der Waals surface area contributed by atoms with Crippen molar-refractivity contribution in [3.05, 3.63) is 45.9 Å². The van der Waals surface area contributed by atoms with Gasteiger partial charge in [0.05, 0.1) is 19.7 Å². The summed E-state index contributed by atoms with van der Waals surface area (Å²) in [5.74, 6) is 1.67. The monoisotopic (exact) mass is 375 g/mol. The first kappa shape index (κ1) is 20.2. The summed E-state index contributed by atoms with van der Waals surface area (Å²) in [6, 6.07) is 8.39. The van der Waals surface area contributed by atoms with Crippen molar-refractivity contribution >= 4 is 17.3 Å². The molecule has 1 aromatic carbocycles. The van der Waals surface area contributed by atoms with E-state index in [4.69, 9.17) is 4.74 Å². The van der Waals surface area contributed by atoms with Gasteiger partial charge >= 0.3 is 0 Å². The number of nitrogens with one attached hydrogen (secondary N) is 2. The fraction of sp³-hybridized carbons (Fsp3) is 0.474. The molecule has 1 heterocycles. The van der Waals surface area contributed by atoms with Crippen molar-refractivity contribution in [1.82, 2.24) is 20.5 Å². The van der Waals surface area contributed by atoms with Gasteiger partial charge in [0.1, 0.15) is 10.8 Å². The summed E-state index contributed by atoms with van der Waals surface area (Å²) in [7, 11) is 5.85. The molecule has 2 aromatic rings. The summed E-state index contributed by atoms with van der Waals surface area (Å²) in [6.45, 7) is 6.26. The van der Waals surface area contributed by atoms with Crippen LogP contribution >= 0.6 is 11.3 Å². The Morgan fingerprint density at radius 3 is 2.77 bits per heavy atom. The van der Waals surface area contributed by atoms with Crippen molar-refractivity contribution < 1.29 is 4.74 Å². The van der Waals surface area contributed by atoms with Crippen LogP contribution in [0.5, 0.6) is 5.75 Å². The molecule has 0 amide bonds. The third-order valence-electron chi connectivity index (χ3n) is 3.95. The molecular formula is C19H29N5OS. The Bertz CT molecular complexity index is 713. The molecule has 0 fully saturated rings. The number of aryl methyl sites for hydroxylation is 1. The number of thiazole rings is 1. The summed E-state index contributed by atoms with van der Waals surface area (Å²) in [5.41, 5.74) is 1.20. The lowest BCUT2D eigenvalue weighted by Crippen LogP contribution is -2.41. The smallest absolute Gasteiger partial charge is 0.191 e. The fourth-order valence-electron chi connectivity index (χ4n) is 2.60. The van der Waals surface area contributed by atoms with Crippen LogP contribution in [0.15, 0.2) is 35.5 Å². The van der Waals surface area contributed by atoms with Gasteiger partial charge in [0.15, 0.2) is 5.96 Å². The minimum Gasteiger partial charge on any atom is -0.497 e. The number of aromatic nitrogens is 1. The largest absolute Gasteiger partial charge is 0.497 e. The number of nitrogens with zero attached hydrogens (tertiary/aromatic N) is 3. The van der Waals surface area contributed by atoms with Crippen molar-refractivity contribution in [2.45, 2.75) is 26.4 Å². The summed E-state index contributed by atoms with van der Waals surface area (Å²) in [6.07, 6.45) is 1.89. The van der Waals surface area contributed by atoms with E-state index < -0.39 is 0 Å². The Hall–Kier alpha value is -2.12. The lowest BCUT2D eigenvalue weighted by atomic mass is 10.1. The standard InChI is InChI=1S/C19H29N5OS/c1-6-20-19(23-13-18-21-11-14(2)26-18)22-12-17(24(3)4)15-8-7-9-16(10-15)25-5/h7-11,17H,6,12-13H2,1-5H3,(H2,20,22,23). The van der Waals surface area contributed by atoms with Gasteiger partial charge in [0.2, 0.25) is 0 Å². The molecule has 142 valence electrons. The average Bonchev–Trinajstić information content (AvgIpc) is 3.05. The summed E-state index contributed by atoms with van der Waals surface area (Å²) in [4.78, 5) is 12.4. The number of aliphatic imine (C=N–C) groups is 1. The van der Waals surface area contributed by atoms with E-state index in [9.17, 15) is 0 Å². The van der Waals surface area contributed by atoms with E-state index in [0.29, 0.717) is 6.54 Å². The van der Waals surface area contributed by atoms with Gasteiger partial charge in [-0.25, -0.2) is 9.98 Å². The van der Waals surface area contributed by atoms with E-state index in [0.717, 1.165) is 29.8 Å². The van der Waals surface area contributed by atoms with Crippen LogP contribution < -0.4 is 15.4 Å². The molecule has 6 nitrogen and oxygen atoms in total. The molecule has 1 aromatic heterocycles. The van der Waals surface area contributed by atoms with Crippen molar-refractivity contribution in [3.8, 4) is 5.75 Å². The van der Waals surface area contributed by atoms with Crippen molar-refractivity contribution in [2.24, 2.45) is 4.99 Å². The van der Waals surface area contributed by atoms with Gasteiger partial charge in [0.25, 0.3) is 0 Å². The molecule has 26 heavy (non-hydrogen) atoms. The number of rotatable bonds is 8. The molecule has 2 N–H and O–H groups in total. The van der Waals surface area contributed by atoms with Crippen LogP contribution in [0, 0.1) is 6.92 Å². The number of methoxy groups -OCH3 is 1. The molecule has 0 aliphatic heterocycles. The number of guanidine groups is 1. The van der Waals surface area contributed by atoms with E-state index in [1.54, 1.807) is 18.4 Å². The molecule has 0 bridgehead atoms. The van der Waals surface area contributed by atoms with Gasteiger partial charge in [-0.15, -0.1) is 11.3 Å². The normalized spacial score (nSPS) is 12.9. The van der Waals surface area contributed by atoms with Gasteiger partial charge in [-0.2, -0.15) is 0 Å². The van der Waals surface area contributed by atoms with Gasteiger partial charge < -0.3 is 20.3 Å². The van der Waals surface area contributed by atoms with Gasteiger partial charge in [-0.3, -0.25) is 0 Å². The Morgan fingerprint density at radius 2 is 2.15 bits per heavy atom. The second-order valence-corrected chi connectivity index (χ2v) is 7.52. The maximum atomic E-state index is 5.36. The molecule has 0 spiro atoms. The number of benzene rings is 1. The molecule has 0 saturated heterocycles. The van der Waals surface area contributed by atoms with Crippen LogP contribution in [0.1, 0.15) is 28.4 Å². The molecule has 1 unspecified atom stereocenters. The average molecular weight is 376 g/mol. The summed E-state index contributed by atoms with van der Waals surface area (Å²) in [5, 5.41) is 7.77. The van der Waals surface area contributed by atoms with E-state index in [1.165, 1.54) is 10.4 Å². The molecule has 0 aliphatic rings. The predicted octanol–water partition coefficient (Wildman–Crippen LogP) is 2.82. The Labute approximate surface area is 160 Å². The lowest BCUT2D eigenvalue weighted by molar-refractivity contribution is 0.297. The number of hydrogen-bond donors (Lipinski definition) is 2. The number of ether oxygens (including phenoxy) is 1. The van der Waals surface area contributed by atoms with Gasteiger partial charge in [-0.05, 0) is 45.6 Å². The third kappa shape index (κ3) is 6.00. The van der Waals surface area contributed by atoms with Crippen LogP contribution in [0.3, 0.4) is 0 Å². The molecule has 1 atom stereocenters. The van der Waals surface area contributed by atoms with Gasteiger partial charge in [0, 0.05) is 24.2 Å². The molecule has 2 rings (SSSR count). The van der Waals surface area contributed by atoms with E-state index in [2.05, 4.69) is 65.6 Å². The predicted molar refractivity (Wildman–Crippen MR) is 109 cm³/mol. The van der Waals surface area contributed by atoms with Crippen LogP contribution in [0.25, 0.3) is 0 Å². The van der Waals surface area contributed by atoms with Crippen LogP contribution in [0.2, 0.25) is 0 Å². The van der Waals surface area contributed by atoms with Crippen molar-refractivity contribution in [2.75, 3.05) is 34.3 Å². The van der Waals surface area contributed by atoms with E-state index >= 15 is 0 Å². The highest BCUT2D eigenvalue weighted by Crippen LogP contribution is 2.22. The fourth-order valence-corrected chi connectivity index (χ4v) is 3.32. The summed E-state index contributed by atoms with van der Waals surface area (Å²) < 4.78 is 5.36. The first-order chi connectivity index (χ1) is 12.5. The highest BCUT2D eigenvalue weighted by molar-refractivity contribution is 7.11. The van der Waals surface area contributed by atoms with Crippen molar-refractivity contribution in [1.29, 1.82) is 0 Å². The zero-order valence-corrected chi connectivity index (χ0v) is 17.1. The maximum absolute atomic E-state index is 5.36. The molecule has 0 aliphatic carbocycles. The first-order valence-electron chi connectivity index (χ1n) is 8.77. The van der Waals surface area contributed by atoms with E-state index in [-0.39, 0.29) is 6.04 Å². The highest BCUT2D eigenvalue weighted by Gasteiger charge is 2.15. The molecule has 0 radical (unpaired) electrons. The van der Waals surface area contributed by atoms with Crippen LogP contribution in [-0.2, 0) is 6.54 Å². The zero-order valence-electron chi connectivity index (χ0n) is 16.2. The van der Waals surface area contributed by atoms with Crippen LogP contribution in [0.4, 0.5) is 0 Å². The number of likely N-dealkylation sites (N-methyl/N-ethyl adjacent to an activating group) is 1. The second kappa shape index (κ2) is 10.1. The quantitative estimate of drug-likeness (QED) is 0.549. The minimum atomic E-state index is 0.205. The Morgan fingerprint density at radius 1 is 1.35 bits per heavy atom.